The van der Waals surface area contributed by atoms with Crippen LogP contribution in [0.5, 0.6) is 0 Å². The highest BCUT2D eigenvalue weighted by Crippen LogP contribution is 2.30. The van der Waals surface area contributed by atoms with E-state index in [4.69, 9.17) is 4.74 Å². The van der Waals surface area contributed by atoms with Crippen LogP contribution in [-0.2, 0) is 4.74 Å². The molecule has 1 unspecified atom stereocenters. The van der Waals surface area contributed by atoms with Gasteiger partial charge in [0.25, 0.3) is 5.56 Å². The molecule has 0 aliphatic carbocycles. The van der Waals surface area contributed by atoms with Crippen molar-refractivity contribution in [3.05, 3.63) is 52.8 Å². The molecule has 0 spiro atoms. The Kier molecular flexibility index (Phi) is 3.61. The highest BCUT2D eigenvalue weighted by Gasteiger charge is 2.26. The maximum atomic E-state index is 13.4. The lowest BCUT2D eigenvalue weighted by Crippen LogP contribution is -2.25. The molecule has 0 saturated carbocycles. The minimum absolute atomic E-state index is 0.0172. The van der Waals surface area contributed by atoms with E-state index in [0.717, 1.165) is 36.2 Å². The van der Waals surface area contributed by atoms with Crippen LogP contribution in [0.15, 0.2) is 41.6 Å². The van der Waals surface area contributed by atoms with Crippen molar-refractivity contribution in [2.75, 3.05) is 6.61 Å². The van der Waals surface area contributed by atoms with Gasteiger partial charge in [-0.3, -0.25) is 9.20 Å². The zero-order valence-electron chi connectivity index (χ0n) is 15.2. The lowest BCUT2D eigenvalue weighted by Gasteiger charge is -2.16. The first kappa shape index (κ1) is 16.2. The van der Waals surface area contributed by atoms with Gasteiger partial charge in [-0.2, -0.15) is 4.68 Å². The SMILES string of the molecule is CC(C)n1c(=O)c2c(-n3nncc3C3CCCO3)ncn2c2ccccc21. The lowest BCUT2D eigenvalue weighted by molar-refractivity contribution is 0.106. The minimum atomic E-state index is -0.0926. The summed E-state index contributed by atoms with van der Waals surface area (Å²) in [7, 11) is 0. The number of fused-ring (bicyclic) bond motifs is 3. The quantitative estimate of drug-likeness (QED) is 0.558. The number of para-hydroxylation sites is 2. The van der Waals surface area contributed by atoms with Gasteiger partial charge in [-0.05, 0) is 38.8 Å². The highest BCUT2D eigenvalue weighted by molar-refractivity contribution is 5.81. The molecule has 1 aliphatic rings. The van der Waals surface area contributed by atoms with Crippen LogP contribution in [-0.4, -0.2) is 35.6 Å². The van der Waals surface area contributed by atoms with Crippen molar-refractivity contribution in [1.29, 1.82) is 0 Å². The predicted octanol–water partition coefficient (Wildman–Crippen LogP) is 2.66. The van der Waals surface area contributed by atoms with Gasteiger partial charge in [-0.15, -0.1) is 5.10 Å². The van der Waals surface area contributed by atoms with Gasteiger partial charge < -0.3 is 9.30 Å². The van der Waals surface area contributed by atoms with E-state index < -0.39 is 0 Å². The standard InChI is InChI=1S/C19H20N6O2/c1-12(2)24-14-7-4-3-6-13(14)23-11-20-18(17(23)19(24)26)25-15(10-21-22-25)16-8-5-9-27-16/h3-4,6-7,10-12,16H,5,8-9H2,1-2H3. The molecule has 0 amide bonds. The molecule has 1 fully saturated rings. The Morgan fingerprint density at radius 1 is 1.22 bits per heavy atom. The molecule has 0 N–H and O–H groups in total. The van der Waals surface area contributed by atoms with Gasteiger partial charge >= 0.3 is 0 Å². The average molecular weight is 364 g/mol. The third-order valence-corrected chi connectivity index (χ3v) is 5.12. The summed E-state index contributed by atoms with van der Waals surface area (Å²) >= 11 is 0. The van der Waals surface area contributed by atoms with Gasteiger partial charge in [0.1, 0.15) is 12.4 Å². The summed E-state index contributed by atoms with van der Waals surface area (Å²) in [5.41, 5.74) is 3.04. The van der Waals surface area contributed by atoms with Crippen molar-refractivity contribution in [3.63, 3.8) is 0 Å². The fourth-order valence-corrected chi connectivity index (χ4v) is 3.92. The van der Waals surface area contributed by atoms with E-state index in [9.17, 15) is 4.79 Å². The summed E-state index contributed by atoms with van der Waals surface area (Å²) in [6.07, 6.45) is 5.23. The topological polar surface area (TPSA) is 79.2 Å². The van der Waals surface area contributed by atoms with E-state index in [2.05, 4.69) is 15.3 Å². The number of nitrogens with zero attached hydrogens (tertiary/aromatic N) is 6. The number of imidazole rings is 1. The molecule has 5 rings (SSSR count). The smallest absolute Gasteiger partial charge is 0.279 e. The first-order valence-corrected chi connectivity index (χ1v) is 9.19. The number of hydrogen-bond donors (Lipinski definition) is 0. The van der Waals surface area contributed by atoms with Crippen LogP contribution < -0.4 is 5.56 Å². The molecule has 1 atom stereocenters. The second-order valence-corrected chi connectivity index (χ2v) is 7.12. The summed E-state index contributed by atoms with van der Waals surface area (Å²) in [5, 5.41) is 8.27. The van der Waals surface area contributed by atoms with Crippen molar-refractivity contribution in [1.82, 2.24) is 28.9 Å². The maximum absolute atomic E-state index is 13.4. The third kappa shape index (κ3) is 2.33. The van der Waals surface area contributed by atoms with E-state index in [-0.39, 0.29) is 17.7 Å². The summed E-state index contributed by atoms with van der Waals surface area (Å²) in [4.78, 5) is 17.9. The summed E-state index contributed by atoms with van der Waals surface area (Å²) in [6.45, 7) is 4.74. The molecule has 4 aromatic rings. The van der Waals surface area contributed by atoms with Crippen molar-refractivity contribution >= 4 is 16.6 Å². The van der Waals surface area contributed by atoms with Gasteiger partial charge in [-0.25, -0.2) is 4.98 Å². The maximum Gasteiger partial charge on any atom is 0.279 e. The molecular weight excluding hydrogens is 344 g/mol. The molecule has 1 saturated heterocycles. The van der Waals surface area contributed by atoms with Crippen LogP contribution in [0.1, 0.15) is 44.5 Å². The second-order valence-electron chi connectivity index (χ2n) is 7.12. The van der Waals surface area contributed by atoms with Crippen molar-refractivity contribution in [2.45, 2.75) is 38.8 Å². The van der Waals surface area contributed by atoms with E-state index in [1.165, 1.54) is 0 Å². The molecule has 27 heavy (non-hydrogen) atoms. The first-order valence-electron chi connectivity index (χ1n) is 9.19. The van der Waals surface area contributed by atoms with Gasteiger partial charge in [0.05, 0.1) is 22.9 Å². The number of aromatic nitrogens is 6. The van der Waals surface area contributed by atoms with Crippen LogP contribution in [0.3, 0.4) is 0 Å². The zero-order valence-corrected chi connectivity index (χ0v) is 15.2. The fourth-order valence-electron chi connectivity index (χ4n) is 3.92. The average Bonchev–Trinajstić information content (AvgIpc) is 3.40. The Bertz CT molecular complexity index is 1200. The number of benzene rings is 1. The fraction of sp³-hybridized carbons (Fsp3) is 0.368. The van der Waals surface area contributed by atoms with Gasteiger partial charge in [0.15, 0.2) is 11.3 Å². The summed E-state index contributed by atoms with van der Waals surface area (Å²) < 4.78 is 11.1. The van der Waals surface area contributed by atoms with Crippen molar-refractivity contribution < 1.29 is 4.74 Å². The van der Waals surface area contributed by atoms with Crippen molar-refractivity contribution in [2.24, 2.45) is 0 Å². The van der Waals surface area contributed by atoms with E-state index >= 15 is 0 Å². The van der Waals surface area contributed by atoms with E-state index in [0.29, 0.717) is 11.3 Å². The minimum Gasteiger partial charge on any atom is -0.372 e. The van der Waals surface area contributed by atoms with Crippen LogP contribution in [0.25, 0.3) is 22.4 Å². The molecule has 3 aromatic heterocycles. The largest absolute Gasteiger partial charge is 0.372 e. The van der Waals surface area contributed by atoms with Crippen LogP contribution >= 0.6 is 0 Å². The van der Waals surface area contributed by atoms with Crippen molar-refractivity contribution in [3.8, 4) is 5.82 Å². The summed E-state index contributed by atoms with van der Waals surface area (Å²) in [6, 6.07) is 7.88. The molecule has 138 valence electrons. The van der Waals surface area contributed by atoms with Gasteiger partial charge in [0, 0.05) is 12.6 Å². The van der Waals surface area contributed by atoms with Crippen LogP contribution in [0, 0.1) is 0 Å². The predicted molar refractivity (Wildman–Crippen MR) is 100 cm³/mol. The Morgan fingerprint density at radius 2 is 2.04 bits per heavy atom. The molecule has 1 aromatic carbocycles. The Labute approximate surface area is 155 Å². The number of rotatable bonds is 3. The molecule has 0 bridgehead atoms. The number of ether oxygens (including phenoxy) is 1. The molecule has 8 heteroatoms. The Hall–Kier alpha value is -3.00. The third-order valence-electron chi connectivity index (χ3n) is 5.12. The summed E-state index contributed by atoms with van der Waals surface area (Å²) in [5.74, 6) is 0.489. The number of hydrogen-bond acceptors (Lipinski definition) is 5. The molecule has 0 radical (unpaired) electrons. The molecular formula is C19H20N6O2. The van der Waals surface area contributed by atoms with Crippen LogP contribution in [0.2, 0.25) is 0 Å². The zero-order chi connectivity index (χ0) is 18.5. The van der Waals surface area contributed by atoms with E-state index in [1.807, 2.05) is 42.5 Å². The first-order chi connectivity index (χ1) is 13.2. The Balaban J connectivity index is 1.84. The second kappa shape index (κ2) is 6.02. The monoisotopic (exact) mass is 364 g/mol. The van der Waals surface area contributed by atoms with Gasteiger partial charge in [-0.1, -0.05) is 17.3 Å². The van der Waals surface area contributed by atoms with Gasteiger partial charge in [0.2, 0.25) is 0 Å². The lowest BCUT2D eigenvalue weighted by atomic mass is 10.2. The molecule has 1 aliphatic heterocycles. The van der Waals surface area contributed by atoms with E-state index in [1.54, 1.807) is 21.8 Å². The highest BCUT2D eigenvalue weighted by atomic mass is 16.5. The molecule has 4 heterocycles. The Morgan fingerprint density at radius 3 is 2.78 bits per heavy atom. The van der Waals surface area contributed by atoms with Crippen LogP contribution in [0.4, 0.5) is 0 Å². The molecule has 8 nitrogen and oxygen atoms in total. The normalized spacial score (nSPS) is 17.5.